The highest BCUT2D eigenvalue weighted by Crippen LogP contribution is 2.35. The van der Waals surface area contributed by atoms with Gasteiger partial charge in [-0.05, 0) is 43.5 Å². The first kappa shape index (κ1) is 20.7. The lowest BCUT2D eigenvalue weighted by Gasteiger charge is -2.32. The van der Waals surface area contributed by atoms with E-state index in [2.05, 4.69) is 5.32 Å². The van der Waals surface area contributed by atoms with Crippen LogP contribution in [0, 0.1) is 0 Å². The summed E-state index contributed by atoms with van der Waals surface area (Å²) in [4.78, 5) is 44.3. The predicted octanol–water partition coefficient (Wildman–Crippen LogP) is 0.721. The summed E-state index contributed by atoms with van der Waals surface area (Å²) in [7, 11) is 1.59. The number of carbonyl (C=O) groups excluding carboxylic acids is 3. The van der Waals surface area contributed by atoms with Crippen LogP contribution in [0.5, 0.6) is 5.75 Å². The first-order valence-electron chi connectivity index (χ1n) is 10.7. The summed E-state index contributed by atoms with van der Waals surface area (Å²) in [5.74, 6) is 0.555. The van der Waals surface area contributed by atoms with Crippen LogP contribution in [0.3, 0.4) is 0 Å². The van der Waals surface area contributed by atoms with Crippen LogP contribution in [0.4, 0.5) is 0 Å². The van der Waals surface area contributed by atoms with E-state index in [1.54, 1.807) is 36.3 Å². The van der Waals surface area contributed by atoms with Gasteiger partial charge in [0.1, 0.15) is 11.8 Å². The van der Waals surface area contributed by atoms with Crippen molar-refractivity contribution in [3.63, 3.8) is 0 Å². The first-order valence-corrected chi connectivity index (χ1v) is 10.7. The number of carbonyl (C=O) groups is 3. The Bertz CT molecular complexity index is 802. The molecule has 0 radical (unpaired) electrons. The van der Waals surface area contributed by atoms with Crippen LogP contribution in [0.1, 0.15) is 36.5 Å². The van der Waals surface area contributed by atoms with E-state index in [0.29, 0.717) is 37.4 Å². The number of amides is 3. The van der Waals surface area contributed by atoms with Crippen molar-refractivity contribution < 1.29 is 19.1 Å². The number of nitrogens with zero attached hydrogens (tertiary/aromatic N) is 3. The molecule has 1 aromatic carbocycles. The summed E-state index contributed by atoms with van der Waals surface area (Å²) in [5, 5.41) is 3.25. The summed E-state index contributed by atoms with van der Waals surface area (Å²) in [6.07, 6.45) is 2.44. The van der Waals surface area contributed by atoms with Gasteiger partial charge in [-0.2, -0.15) is 0 Å². The maximum Gasteiger partial charge on any atom is 0.254 e. The fourth-order valence-corrected chi connectivity index (χ4v) is 4.56. The van der Waals surface area contributed by atoms with E-state index in [1.807, 2.05) is 9.80 Å². The van der Waals surface area contributed by atoms with Crippen LogP contribution in [-0.2, 0) is 9.59 Å². The number of piperazine rings is 1. The second-order valence-corrected chi connectivity index (χ2v) is 8.32. The molecule has 2 atom stereocenters. The van der Waals surface area contributed by atoms with Gasteiger partial charge in [0.2, 0.25) is 11.8 Å². The number of ether oxygens (including phenoxy) is 1. The summed E-state index contributed by atoms with van der Waals surface area (Å²) in [6.45, 7) is 4.77. The number of nitrogens with one attached hydrogen (secondary N) is 1. The minimum Gasteiger partial charge on any atom is -0.497 e. The third-order valence-electron chi connectivity index (χ3n) is 6.30. The zero-order chi connectivity index (χ0) is 21.3. The van der Waals surface area contributed by atoms with E-state index in [4.69, 9.17) is 4.74 Å². The minimum atomic E-state index is -0.490. The summed E-state index contributed by atoms with van der Waals surface area (Å²) >= 11 is 0. The molecule has 1 saturated carbocycles. The van der Waals surface area contributed by atoms with Gasteiger partial charge in [0.05, 0.1) is 13.2 Å². The predicted molar refractivity (Wildman–Crippen MR) is 111 cm³/mol. The molecule has 2 saturated heterocycles. The fourth-order valence-electron chi connectivity index (χ4n) is 4.56. The number of hydrogen-bond donors (Lipinski definition) is 1. The van der Waals surface area contributed by atoms with Crippen LogP contribution in [0.2, 0.25) is 0 Å². The normalized spacial score (nSPS) is 23.9. The Morgan fingerprint density at radius 2 is 1.73 bits per heavy atom. The fraction of sp³-hybridized carbons (Fsp3) is 0.591. The van der Waals surface area contributed by atoms with Gasteiger partial charge in [-0.3, -0.25) is 14.4 Å². The second-order valence-electron chi connectivity index (χ2n) is 8.32. The molecule has 0 aromatic heterocycles. The zero-order valence-corrected chi connectivity index (χ0v) is 17.7. The van der Waals surface area contributed by atoms with Crippen molar-refractivity contribution in [1.82, 2.24) is 20.0 Å². The second kappa shape index (κ2) is 8.63. The smallest absolute Gasteiger partial charge is 0.254 e. The van der Waals surface area contributed by atoms with Gasteiger partial charge in [0.15, 0.2) is 0 Å². The molecule has 1 aliphatic carbocycles. The number of benzene rings is 1. The van der Waals surface area contributed by atoms with Gasteiger partial charge in [0.25, 0.3) is 5.91 Å². The van der Waals surface area contributed by atoms with Crippen molar-refractivity contribution in [2.75, 3.05) is 39.8 Å². The molecule has 0 spiro atoms. The number of likely N-dealkylation sites (tertiary alicyclic amines) is 1. The third kappa shape index (κ3) is 4.14. The van der Waals surface area contributed by atoms with Gasteiger partial charge in [-0.1, -0.05) is 0 Å². The van der Waals surface area contributed by atoms with Crippen molar-refractivity contribution in [3.05, 3.63) is 29.8 Å². The van der Waals surface area contributed by atoms with Crippen molar-refractivity contribution in [2.45, 2.75) is 44.3 Å². The van der Waals surface area contributed by atoms with E-state index >= 15 is 0 Å². The van der Waals surface area contributed by atoms with Crippen LogP contribution in [-0.4, -0.2) is 90.4 Å². The Morgan fingerprint density at radius 1 is 1.07 bits per heavy atom. The van der Waals surface area contributed by atoms with Gasteiger partial charge in [0, 0.05) is 51.3 Å². The molecule has 30 heavy (non-hydrogen) atoms. The lowest BCUT2D eigenvalue weighted by Crippen LogP contribution is -2.53. The van der Waals surface area contributed by atoms with Crippen LogP contribution in [0.15, 0.2) is 24.3 Å². The van der Waals surface area contributed by atoms with E-state index in [9.17, 15) is 14.4 Å². The van der Waals surface area contributed by atoms with Gasteiger partial charge < -0.3 is 24.8 Å². The molecule has 0 bridgehead atoms. The molecule has 1 N–H and O–H groups in total. The molecule has 2 unspecified atom stereocenters. The molecule has 3 aliphatic rings. The standard InChI is InChI=1S/C22H30N4O4/c1-15(27)25-14-18(13-20(25)22(29)24-11-9-23-10-12-24)26(17-5-6-17)21(28)16-3-7-19(30-2)8-4-16/h3-4,7-8,17-18,20,23H,5-6,9-14H2,1-2H3. The molecular formula is C22H30N4O4. The highest BCUT2D eigenvalue weighted by molar-refractivity contribution is 5.95. The van der Waals surface area contributed by atoms with Crippen LogP contribution >= 0.6 is 0 Å². The lowest BCUT2D eigenvalue weighted by molar-refractivity contribution is -0.143. The third-order valence-corrected chi connectivity index (χ3v) is 6.30. The highest BCUT2D eigenvalue weighted by atomic mass is 16.5. The Morgan fingerprint density at radius 3 is 2.30 bits per heavy atom. The Labute approximate surface area is 177 Å². The van der Waals surface area contributed by atoms with Gasteiger partial charge in [-0.15, -0.1) is 0 Å². The summed E-state index contributed by atoms with van der Waals surface area (Å²) in [5.41, 5.74) is 0.606. The Hall–Kier alpha value is -2.61. The van der Waals surface area contributed by atoms with Crippen molar-refractivity contribution in [3.8, 4) is 5.75 Å². The molecule has 8 heteroatoms. The van der Waals surface area contributed by atoms with E-state index in [0.717, 1.165) is 25.9 Å². The summed E-state index contributed by atoms with van der Waals surface area (Å²) < 4.78 is 5.19. The number of rotatable bonds is 5. The maximum atomic E-state index is 13.3. The van der Waals surface area contributed by atoms with Crippen LogP contribution in [0.25, 0.3) is 0 Å². The summed E-state index contributed by atoms with van der Waals surface area (Å²) in [6, 6.07) is 6.67. The van der Waals surface area contributed by atoms with E-state index in [1.165, 1.54) is 6.92 Å². The Kier molecular flexibility index (Phi) is 5.94. The molecule has 4 rings (SSSR count). The monoisotopic (exact) mass is 414 g/mol. The first-order chi connectivity index (χ1) is 14.5. The molecule has 1 aromatic rings. The van der Waals surface area contributed by atoms with E-state index in [-0.39, 0.29) is 29.8 Å². The zero-order valence-electron chi connectivity index (χ0n) is 17.7. The topological polar surface area (TPSA) is 82.2 Å². The van der Waals surface area contributed by atoms with Crippen molar-refractivity contribution >= 4 is 17.7 Å². The highest BCUT2D eigenvalue weighted by Gasteiger charge is 2.47. The largest absolute Gasteiger partial charge is 0.497 e. The molecule has 2 aliphatic heterocycles. The van der Waals surface area contributed by atoms with Gasteiger partial charge >= 0.3 is 0 Å². The lowest BCUT2D eigenvalue weighted by atomic mass is 10.1. The average molecular weight is 415 g/mol. The maximum absolute atomic E-state index is 13.3. The SMILES string of the molecule is COc1ccc(C(=O)N(C2CC2)C2CC(C(=O)N3CCNCC3)N(C(C)=O)C2)cc1. The minimum absolute atomic E-state index is 0.00171. The molecule has 3 fully saturated rings. The van der Waals surface area contributed by atoms with Crippen molar-refractivity contribution in [2.24, 2.45) is 0 Å². The average Bonchev–Trinajstić information content (AvgIpc) is 3.51. The van der Waals surface area contributed by atoms with Gasteiger partial charge in [-0.25, -0.2) is 0 Å². The quantitative estimate of drug-likeness (QED) is 0.768. The molecule has 3 amide bonds. The molecular weight excluding hydrogens is 384 g/mol. The van der Waals surface area contributed by atoms with Crippen molar-refractivity contribution in [1.29, 1.82) is 0 Å². The number of hydrogen-bond acceptors (Lipinski definition) is 5. The number of methoxy groups -OCH3 is 1. The molecule has 2 heterocycles. The van der Waals surface area contributed by atoms with E-state index < -0.39 is 6.04 Å². The molecule has 8 nitrogen and oxygen atoms in total. The Balaban J connectivity index is 1.53. The van der Waals surface area contributed by atoms with Crippen LogP contribution < -0.4 is 10.1 Å². The molecule has 162 valence electrons.